The molecule has 13 rings (SSSR count). The molecule has 1 aliphatic carbocycles. The summed E-state index contributed by atoms with van der Waals surface area (Å²) in [6.45, 7) is 4.35. The largest absolute Gasteiger partial charge is 0.135 e. The molecule has 61 heavy (non-hydrogen) atoms. The van der Waals surface area contributed by atoms with Crippen LogP contribution in [0.1, 0.15) is 11.1 Å². The average molecular weight is 791 g/mol. The van der Waals surface area contributed by atoms with Crippen molar-refractivity contribution in [3.8, 4) is 66.8 Å². The Morgan fingerprint density at radius 3 is 1.43 bits per heavy atom. The molecule has 1 aromatic heterocycles. The van der Waals surface area contributed by atoms with Crippen LogP contribution in [-0.2, 0) is 0 Å². The second kappa shape index (κ2) is 13.1. The molecular weight excluding hydrogens is 753 g/mol. The smallest absolute Gasteiger partial charge is 0.0434 e. The molecule has 12 aromatic rings. The number of hydrogen-bond acceptors (Lipinski definition) is 1. The first-order valence-corrected chi connectivity index (χ1v) is 22.1. The Balaban J connectivity index is 1.16. The molecule has 0 radical (unpaired) electrons. The molecule has 11 aromatic carbocycles. The Bertz CT molecular complexity index is 3650. The molecule has 1 heteroatoms. The number of thiophene rings is 1. The predicted octanol–water partition coefficient (Wildman–Crippen LogP) is 17.6. The molecule has 0 spiro atoms. The van der Waals surface area contributed by atoms with Crippen LogP contribution in [0.25, 0.3) is 130 Å². The lowest BCUT2D eigenvalue weighted by molar-refractivity contribution is 1.47. The molecule has 0 amide bonds. The topological polar surface area (TPSA) is 0 Å². The van der Waals surface area contributed by atoms with Gasteiger partial charge in [-0.1, -0.05) is 181 Å². The summed E-state index contributed by atoms with van der Waals surface area (Å²) in [4.78, 5) is 0. The Labute approximate surface area is 358 Å². The fourth-order valence-electron chi connectivity index (χ4n) is 10.6. The van der Waals surface area contributed by atoms with E-state index in [2.05, 4.69) is 208 Å². The molecular formula is C60H38S. The van der Waals surface area contributed by atoms with E-state index in [9.17, 15) is 0 Å². The van der Waals surface area contributed by atoms with Gasteiger partial charge in [0.15, 0.2) is 0 Å². The summed E-state index contributed by atoms with van der Waals surface area (Å²) in [6.07, 6.45) is 0. The van der Waals surface area contributed by atoms with E-state index < -0.39 is 0 Å². The molecule has 0 unspecified atom stereocenters. The first-order chi connectivity index (χ1) is 30.1. The van der Waals surface area contributed by atoms with Crippen molar-refractivity contribution in [3.63, 3.8) is 0 Å². The van der Waals surface area contributed by atoms with Crippen LogP contribution in [0, 0.1) is 13.8 Å². The fraction of sp³-hybridized carbons (Fsp3) is 0.0333. The van der Waals surface area contributed by atoms with E-state index in [0.717, 1.165) is 0 Å². The molecule has 284 valence electrons. The lowest BCUT2D eigenvalue weighted by Gasteiger charge is -2.20. The number of benzene rings is 11. The monoisotopic (exact) mass is 790 g/mol. The zero-order valence-corrected chi connectivity index (χ0v) is 34.7. The highest BCUT2D eigenvalue weighted by Crippen LogP contribution is 2.59. The van der Waals surface area contributed by atoms with Crippen LogP contribution >= 0.6 is 11.3 Å². The maximum Gasteiger partial charge on any atom is 0.0434 e. The number of rotatable bonds is 4. The van der Waals surface area contributed by atoms with Crippen LogP contribution in [0.5, 0.6) is 0 Å². The molecule has 1 heterocycles. The maximum atomic E-state index is 2.50. The Hall–Kier alpha value is -7.32. The number of fused-ring (bicyclic) bond motifs is 9. The molecule has 0 aliphatic heterocycles. The highest BCUT2D eigenvalue weighted by Gasteiger charge is 2.31. The first kappa shape index (κ1) is 34.5. The third-order valence-corrected chi connectivity index (χ3v) is 14.5. The summed E-state index contributed by atoms with van der Waals surface area (Å²) >= 11 is 1.92. The minimum Gasteiger partial charge on any atom is -0.135 e. The van der Waals surface area contributed by atoms with Gasteiger partial charge >= 0.3 is 0 Å². The molecule has 0 bridgehead atoms. The number of hydrogen-bond donors (Lipinski definition) is 0. The van der Waals surface area contributed by atoms with Crippen molar-refractivity contribution in [1.29, 1.82) is 0 Å². The van der Waals surface area contributed by atoms with E-state index in [4.69, 9.17) is 0 Å². The molecule has 0 saturated heterocycles. The molecule has 0 N–H and O–H groups in total. The van der Waals surface area contributed by atoms with Gasteiger partial charge in [-0.05, 0) is 142 Å². The Kier molecular flexibility index (Phi) is 7.41. The first-order valence-electron chi connectivity index (χ1n) is 21.2. The van der Waals surface area contributed by atoms with Crippen molar-refractivity contribution < 1.29 is 0 Å². The van der Waals surface area contributed by atoms with Gasteiger partial charge in [-0.25, -0.2) is 0 Å². The minimum absolute atomic E-state index is 1.25. The van der Waals surface area contributed by atoms with Crippen LogP contribution < -0.4 is 0 Å². The second-order valence-corrected chi connectivity index (χ2v) is 17.9. The summed E-state index contributed by atoms with van der Waals surface area (Å²) in [7, 11) is 0. The predicted molar refractivity (Wildman–Crippen MR) is 265 cm³/mol. The van der Waals surface area contributed by atoms with Crippen LogP contribution in [-0.4, -0.2) is 0 Å². The normalized spacial score (nSPS) is 12.1. The van der Waals surface area contributed by atoms with Gasteiger partial charge in [0.05, 0.1) is 0 Å². The quantitative estimate of drug-likeness (QED) is 0.156. The van der Waals surface area contributed by atoms with E-state index in [1.807, 2.05) is 11.3 Å². The van der Waals surface area contributed by atoms with Crippen LogP contribution in [0.15, 0.2) is 194 Å². The Morgan fingerprint density at radius 2 is 0.803 bits per heavy atom. The molecule has 0 fully saturated rings. The maximum absolute atomic E-state index is 2.50. The van der Waals surface area contributed by atoms with Gasteiger partial charge in [0.1, 0.15) is 0 Å². The van der Waals surface area contributed by atoms with Crippen LogP contribution in [0.4, 0.5) is 0 Å². The minimum atomic E-state index is 1.25. The van der Waals surface area contributed by atoms with E-state index in [-0.39, 0.29) is 0 Å². The SMILES string of the molecule is Cc1ccc(-c2c3c(c(-c4ccc(C)cc4)c4ccccc24)-c2ccc(-c4cc(-c5c6ccccc6cc6ccccc56)cc5c4sc4ccccc45)c4cccc-3c24)cc1. The van der Waals surface area contributed by atoms with Gasteiger partial charge in [0.2, 0.25) is 0 Å². The van der Waals surface area contributed by atoms with Crippen molar-refractivity contribution in [3.05, 3.63) is 205 Å². The van der Waals surface area contributed by atoms with E-state index in [1.165, 1.54) is 141 Å². The van der Waals surface area contributed by atoms with Gasteiger partial charge in [-0.3, -0.25) is 0 Å². The van der Waals surface area contributed by atoms with Crippen LogP contribution in [0.3, 0.4) is 0 Å². The van der Waals surface area contributed by atoms with Gasteiger partial charge in [-0.2, -0.15) is 0 Å². The van der Waals surface area contributed by atoms with Crippen molar-refractivity contribution in [1.82, 2.24) is 0 Å². The van der Waals surface area contributed by atoms with Gasteiger partial charge in [0, 0.05) is 25.7 Å². The standard InChI is InChI=1S/C60H38S/c1-35-22-26-37(27-23-35)55-47-17-7-8-18-48(47)56(38-28-24-36(2)25-29-38)59-50-31-30-44(46-19-11-20-49(57(46)50)58(55)59)51-33-41(34-52-45-16-9-10-21-53(45)61-60(51)52)54-42-14-5-3-12-39(42)32-40-13-4-6-15-43(40)54/h3-34H,1-2H3. The van der Waals surface area contributed by atoms with Crippen molar-refractivity contribution in [2.45, 2.75) is 13.8 Å². The second-order valence-electron chi connectivity index (χ2n) is 16.9. The highest BCUT2D eigenvalue weighted by atomic mass is 32.1. The van der Waals surface area contributed by atoms with Gasteiger partial charge in [-0.15, -0.1) is 11.3 Å². The van der Waals surface area contributed by atoms with Crippen molar-refractivity contribution in [2.24, 2.45) is 0 Å². The Morgan fingerprint density at radius 1 is 0.295 bits per heavy atom. The summed E-state index contributed by atoms with van der Waals surface area (Å²) < 4.78 is 2.64. The van der Waals surface area contributed by atoms with E-state index in [1.54, 1.807) is 0 Å². The van der Waals surface area contributed by atoms with Gasteiger partial charge in [0.25, 0.3) is 0 Å². The lowest BCUT2D eigenvalue weighted by Crippen LogP contribution is -1.93. The summed E-state index contributed by atoms with van der Waals surface area (Å²) in [6, 6.07) is 73.3. The highest BCUT2D eigenvalue weighted by molar-refractivity contribution is 7.26. The summed E-state index contributed by atoms with van der Waals surface area (Å²) in [5.74, 6) is 0. The third-order valence-electron chi connectivity index (χ3n) is 13.3. The molecule has 1 aliphatic rings. The van der Waals surface area contributed by atoms with E-state index in [0.29, 0.717) is 0 Å². The number of aryl methyl sites for hydroxylation is 2. The molecule has 0 nitrogen and oxygen atoms in total. The zero-order valence-electron chi connectivity index (χ0n) is 33.9. The van der Waals surface area contributed by atoms with Gasteiger partial charge < -0.3 is 0 Å². The van der Waals surface area contributed by atoms with Crippen molar-refractivity contribution in [2.75, 3.05) is 0 Å². The molecule has 0 atom stereocenters. The molecule has 0 saturated carbocycles. The van der Waals surface area contributed by atoms with Crippen LogP contribution in [0.2, 0.25) is 0 Å². The van der Waals surface area contributed by atoms with E-state index >= 15 is 0 Å². The summed E-state index contributed by atoms with van der Waals surface area (Å²) in [5.41, 5.74) is 18.0. The summed E-state index contributed by atoms with van der Waals surface area (Å²) in [5, 5.41) is 12.9. The third kappa shape index (κ3) is 5.05. The fourth-order valence-corrected chi connectivity index (χ4v) is 11.8. The average Bonchev–Trinajstić information content (AvgIpc) is 3.85. The zero-order chi connectivity index (χ0) is 40.3. The lowest BCUT2D eigenvalue weighted by atomic mass is 9.82. The van der Waals surface area contributed by atoms with Crippen molar-refractivity contribution >= 4 is 74.6 Å².